The van der Waals surface area contributed by atoms with Gasteiger partial charge in [-0.3, -0.25) is 0 Å². The van der Waals surface area contributed by atoms with Crippen LogP contribution in [-0.4, -0.2) is 5.11 Å². The maximum atomic E-state index is 9.96. The summed E-state index contributed by atoms with van der Waals surface area (Å²) in [6, 6.07) is 3.35. The molecule has 0 aliphatic rings. The van der Waals surface area contributed by atoms with Gasteiger partial charge in [0.25, 0.3) is 0 Å². The van der Waals surface area contributed by atoms with Crippen molar-refractivity contribution in [3.8, 4) is 5.75 Å². The van der Waals surface area contributed by atoms with Crippen LogP contribution in [0.1, 0.15) is 5.56 Å². The number of hydrogen-bond acceptors (Lipinski definition) is 3. The van der Waals surface area contributed by atoms with E-state index in [0.29, 0.717) is 10.0 Å². The molecule has 0 spiro atoms. The van der Waals surface area contributed by atoms with Gasteiger partial charge >= 0.3 is 0 Å². The molecule has 0 amide bonds. The van der Waals surface area contributed by atoms with Crippen molar-refractivity contribution in [2.75, 3.05) is 0 Å². The lowest BCUT2D eigenvalue weighted by Gasteiger charge is -2.02. The maximum absolute atomic E-state index is 9.96. The average Bonchev–Trinajstić information content (AvgIpc) is 2.00. The number of benzene rings is 1. The van der Waals surface area contributed by atoms with Gasteiger partial charge in [-0.05, 0) is 28.1 Å². The van der Waals surface area contributed by atoms with Gasteiger partial charge in [0, 0.05) is 10.0 Å². The fourth-order valence-electron chi connectivity index (χ4n) is 0.809. The Kier molecular flexibility index (Phi) is 3.22. The lowest BCUT2D eigenvalue weighted by molar-refractivity contribution is 0.465. The molecule has 1 aromatic carbocycles. The quantitative estimate of drug-likeness (QED) is 0.852. The second-order valence-corrected chi connectivity index (χ2v) is 3.95. The van der Waals surface area contributed by atoms with Crippen LogP contribution in [0.4, 0.5) is 0 Å². The molecule has 0 aliphatic carbocycles. The summed E-state index contributed by atoms with van der Waals surface area (Å²) in [6.45, 7) is -0.0239. The minimum absolute atomic E-state index is 0.0239. The fraction of sp³-hybridized carbons (Fsp3) is 0.143. The number of nitrogens with zero attached hydrogens (tertiary/aromatic N) is 1. The SMILES string of the molecule is O=NCc1cc(Br)cc(Br)c1O. The summed E-state index contributed by atoms with van der Waals surface area (Å²) in [6.07, 6.45) is 0. The Hall–Kier alpha value is -0.420. The molecule has 0 radical (unpaired) electrons. The summed E-state index contributed by atoms with van der Waals surface area (Å²) in [5.74, 6) is 0.0674. The van der Waals surface area contributed by atoms with Gasteiger partial charge in [-0.1, -0.05) is 21.1 Å². The van der Waals surface area contributed by atoms with E-state index in [0.717, 1.165) is 4.47 Å². The number of phenols is 1. The second kappa shape index (κ2) is 4.00. The Balaban J connectivity index is 3.17. The summed E-state index contributed by atoms with van der Waals surface area (Å²) in [7, 11) is 0. The summed E-state index contributed by atoms with van der Waals surface area (Å²) in [4.78, 5) is 9.96. The van der Waals surface area contributed by atoms with E-state index in [-0.39, 0.29) is 12.3 Å². The first-order valence-electron chi connectivity index (χ1n) is 3.11. The molecule has 0 unspecified atom stereocenters. The van der Waals surface area contributed by atoms with Gasteiger partial charge in [-0.2, -0.15) is 4.91 Å². The minimum atomic E-state index is -0.0239. The third kappa shape index (κ3) is 2.04. The van der Waals surface area contributed by atoms with Crippen LogP contribution in [0.2, 0.25) is 0 Å². The maximum Gasteiger partial charge on any atom is 0.135 e. The molecule has 1 aromatic rings. The number of nitroso groups, excluding NO2 is 1. The van der Waals surface area contributed by atoms with Crippen LogP contribution in [0.5, 0.6) is 5.75 Å². The third-order valence-electron chi connectivity index (χ3n) is 1.34. The van der Waals surface area contributed by atoms with Crippen LogP contribution in [-0.2, 0) is 6.54 Å². The number of halogens is 2. The summed E-state index contributed by atoms with van der Waals surface area (Å²) in [5, 5.41) is 12.1. The Labute approximate surface area is 86.0 Å². The first kappa shape index (κ1) is 9.67. The van der Waals surface area contributed by atoms with Crippen molar-refractivity contribution in [1.82, 2.24) is 0 Å². The monoisotopic (exact) mass is 293 g/mol. The van der Waals surface area contributed by atoms with E-state index >= 15 is 0 Å². The zero-order valence-corrected chi connectivity index (χ0v) is 9.09. The Bertz CT molecular complexity index is 315. The molecule has 64 valence electrons. The van der Waals surface area contributed by atoms with Crippen LogP contribution in [0.15, 0.2) is 26.3 Å². The molecule has 1 rings (SSSR count). The highest BCUT2D eigenvalue weighted by atomic mass is 79.9. The number of phenolic OH excluding ortho intramolecular Hbond substituents is 1. The molecule has 0 aliphatic heterocycles. The van der Waals surface area contributed by atoms with Crippen molar-refractivity contribution in [2.24, 2.45) is 5.18 Å². The highest BCUT2D eigenvalue weighted by Gasteiger charge is 2.06. The van der Waals surface area contributed by atoms with Crippen LogP contribution < -0.4 is 0 Å². The third-order valence-corrected chi connectivity index (χ3v) is 2.40. The van der Waals surface area contributed by atoms with Gasteiger partial charge in [-0.25, -0.2) is 0 Å². The predicted octanol–water partition coefficient (Wildman–Crippen LogP) is 3.18. The second-order valence-electron chi connectivity index (χ2n) is 2.18. The average molecular weight is 295 g/mol. The summed E-state index contributed by atoms with van der Waals surface area (Å²) in [5.41, 5.74) is 0.506. The van der Waals surface area contributed by atoms with Crippen molar-refractivity contribution >= 4 is 31.9 Å². The molecule has 0 atom stereocenters. The summed E-state index contributed by atoms with van der Waals surface area (Å²) < 4.78 is 1.35. The highest BCUT2D eigenvalue weighted by Crippen LogP contribution is 2.31. The van der Waals surface area contributed by atoms with E-state index in [2.05, 4.69) is 37.0 Å². The Morgan fingerprint density at radius 2 is 2.08 bits per heavy atom. The lowest BCUT2D eigenvalue weighted by atomic mass is 10.2. The molecular formula is C7H5Br2NO2. The zero-order valence-electron chi connectivity index (χ0n) is 5.92. The smallest absolute Gasteiger partial charge is 0.135 e. The molecule has 0 aromatic heterocycles. The molecule has 0 bridgehead atoms. The first-order valence-corrected chi connectivity index (χ1v) is 4.69. The van der Waals surface area contributed by atoms with Crippen molar-refractivity contribution in [1.29, 1.82) is 0 Å². The Morgan fingerprint density at radius 3 is 2.67 bits per heavy atom. The van der Waals surface area contributed by atoms with Crippen LogP contribution in [0, 0.1) is 4.91 Å². The molecule has 0 saturated heterocycles. The van der Waals surface area contributed by atoms with Crippen LogP contribution in [0.3, 0.4) is 0 Å². The molecule has 12 heavy (non-hydrogen) atoms. The van der Waals surface area contributed by atoms with Crippen molar-refractivity contribution in [3.05, 3.63) is 31.5 Å². The van der Waals surface area contributed by atoms with E-state index in [1.165, 1.54) is 0 Å². The Morgan fingerprint density at radius 1 is 1.42 bits per heavy atom. The van der Waals surface area contributed by atoms with Crippen molar-refractivity contribution in [2.45, 2.75) is 6.54 Å². The molecule has 0 fully saturated rings. The van der Waals surface area contributed by atoms with Crippen LogP contribution >= 0.6 is 31.9 Å². The van der Waals surface area contributed by atoms with Gasteiger partial charge < -0.3 is 5.11 Å². The van der Waals surface area contributed by atoms with Crippen molar-refractivity contribution in [3.63, 3.8) is 0 Å². The van der Waals surface area contributed by atoms with Gasteiger partial charge in [0.2, 0.25) is 0 Å². The minimum Gasteiger partial charge on any atom is -0.506 e. The van der Waals surface area contributed by atoms with E-state index in [4.69, 9.17) is 0 Å². The van der Waals surface area contributed by atoms with Crippen LogP contribution in [0.25, 0.3) is 0 Å². The molecule has 5 heteroatoms. The molecular weight excluding hydrogens is 290 g/mol. The molecule has 1 N–H and O–H groups in total. The predicted molar refractivity (Wildman–Crippen MR) is 53.0 cm³/mol. The normalized spacial score (nSPS) is 9.83. The number of rotatable bonds is 2. The van der Waals surface area contributed by atoms with E-state index in [1.807, 2.05) is 0 Å². The highest BCUT2D eigenvalue weighted by molar-refractivity contribution is 9.11. The van der Waals surface area contributed by atoms with E-state index < -0.39 is 0 Å². The lowest BCUT2D eigenvalue weighted by Crippen LogP contribution is -1.83. The van der Waals surface area contributed by atoms with Gasteiger partial charge in [0.05, 0.1) is 4.47 Å². The topological polar surface area (TPSA) is 49.7 Å². The van der Waals surface area contributed by atoms with E-state index in [1.54, 1.807) is 12.1 Å². The number of aromatic hydroxyl groups is 1. The van der Waals surface area contributed by atoms with E-state index in [9.17, 15) is 10.0 Å². The standard InChI is InChI=1S/C7H5Br2NO2/c8-5-1-4(3-10-12)7(11)6(9)2-5/h1-2,11H,3H2. The fourth-order valence-corrected chi connectivity index (χ4v) is 2.12. The molecule has 3 nitrogen and oxygen atoms in total. The van der Waals surface area contributed by atoms with Gasteiger partial charge in [0.15, 0.2) is 0 Å². The first-order chi connectivity index (χ1) is 5.65. The molecule has 0 saturated carbocycles. The van der Waals surface area contributed by atoms with Gasteiger partial charge in [-0.15, -0.1) is 0 Å². The van der Waals surface area contributed by atoms with Gasteiger partial charge in [0.1, 0.15) is 12.3 Å². The summed E-state index contributed by atoms with van der Waals surface area (Å²) >= 11 is 6.38. The van der Waals surface area contributed by atoms with Crippen molar-refractivity contribution < 1.29 is 5.11 Å². The largest absolute Gasteiger partial charge is 0.506 e. The molecule has 0 heterocycles. The zero-order chi connectivity index (χ0) is 9.14. The number of hydrogen-bond donors (Lipinski definition) is 1.